The Hall–Kier alpha value is -0.570. The first-order valence-corrected chi connectivity index (χ1v) is 6.57. The minimum Gasteiger partial charge on any atom is -0.379 e. The van der Waals surface area contributed by atoms with E-state index in [2.05, 4.69) is 5.32 Å². The summed E-state index contributed by atoms with van der Waals surface area (Å²) in [7, 11) is 1.77. The number of amides is 1. The fraction of sp³-hybridized carbons (Fsp3) is 0.923. The van der Waals surface area contributed by atoms with Gasteiger partial charge in [0, 0.05) is 13.7 Å². The van der Waals surface area contributed by atoms with Gasteiger partial charge in [-0.15, -0.1) is 0 Å². The summed E-state index contributed by atoms with van der Waals surface area (Å²) in [5.74, 6) is 1.69. The normalized spacial score (nSPS) is 37.9. The Bertz CT molecular complexity index is 290. The van der Waals surface area contributed by atoms with Crippen LogP contribution in [0.4, 0.5) is 0 Å². The molecular weight excluding hydrogens is 202 g/mol. The molecular formula is C13H21NO2. The van der Waals surface area contributed by atoms with E-state index in [4.69, 9.17) is 4.74 Å². The van der Waals surface area contributed by atoms with E-state index in [1.165, 1.54) is 25.7 Å². The fourth-order valence-corrected chi connectivity index (χ4v) is 3.21. The summed E-state index contributed by atoms with van der Waals surface area (Å²) in [6.07, 6.45) is 7.69. The third kappa shape index (κ3) is 1.65. The van der Waals surface area contributed by atoms with Gasteiger partial charge in [-0.25, -0.2) is 0 Å². The number of ether oxygens (including phenoxy) is 1. The Labute approximate surface area is 96.9 Å². The van der Waals surface area contributed by atoms with E-state index in [0.29, 0.717) is 12.5 Å². The summed E-state index contributed by atoms with van der Waals surface area (Å²) < 4.78 is 5.52. The van der Waals surface area contributed by atoms with Crippen molar-refractivity contribution in [3.63, 3.8) is 0 Å². The largest absolute Gasteiger partial charge is 0.379 e. The van der Waals surface area contributed by atoms with Crippen LogP contribution in [0, 0.1) is 17.3 Å². The van der Waals surface area contributed by atoms with Gasteiger partial charge in [0.2, 0.25) is 5.91 Å². The highest BCUT2D eigenvalue weighted by Crippen LogP contribution is 2.75. The van der Waals surface area contributed by atoms with Crippen LogP contribution in [0.15, 0.2) is 0 Å². The Morgan fingerprint density at radius 1 is 1.44 bits per heavy atom. The standard InChI is InChI=1S/C13H21NO2/c1-16-11(9-4-2-3-5-9)8-14-12(15)13-6-10(13)7-13/h9-11H,2-8H2,1H3,(H,14,15). The lowest BCUT2D eigenvalue weighted by molar-refractivity contribution is -0.125. The van der Waals surface area contributed by atoms with Crippen molar-refractivity contribution in [3.05, 3.63) is 0 Å². The fourth-order valence-electron chi connectivity index (χ4n) is 3.21. The Kier molecular flexibility index (Phi) is 2.46. The zero-order valence-electron chi connectivity index (χ0n) is 10.00. The molecule has 0 radical (unpaired) electrons. The van der Waals surface area contributed by atoms with Crippen LogP contribution < -0.4 is 5.32 Å². The number of rotatable bonds is 5. The zero-order valence-corrected chi connectivity index (χ0v) is 10.00. The molecule has 16 heavy (non-hydrogen) atoms. The van der Waals surface area contributed by atoms with E-state index in [1.54, 1.807) is 7.11 Å². The second-order valence-electron chi connectivity index (χ2n) is 5.79. The summed E-state index contributed by atoms with van der Waals surface area (Å²) in [6, 6.07) is 0. The molecule has 0 bridgehead atoms. The van der Waals surface area contributed by atoms with E-state index in [-0.39, 0.29) is 17.4 Å². The maximum Gasteiger partial charge on any atom is 0.226 e. The predicted molar refractivity (Wildman–Crippen MR) is 60.9 cm³/mol. The van der Waals surface area contributed by atoms with Gasteiger partial charge in [0.1, 0.15) is 0 Å². The van der Waals surface area contributed by atoms with Crippen molar-refractivity contribution >= 4 is 5.91 Å². The second-order valence-corrected chi connectivity index (χ2v) is 5.79. The predicted octanol–water partition coefficient (Wildman–Crippen LogP) is 1.72. The molecule has 0 spiro atoms. The summed E-state index contributed by atoms with van der Waals surface area (Å²) in [4.78, 5) is 11.8. The average Bonchev–Trinajstić information content (AvgIpc) is 3.06. The molecule has 1 atom stereocenters. The molecule has 3 saturated carbocycles. The first-order valence-electron chi connectivity index (χ1n) is 6.57. The SMILES string of the molecule is COC(CNC(=O)C12CC1C2)C1CCCC1. The van der Waals surface area contributed by atoms with E-state index in [1.807, 2.05) is 0 Å². The summed E-state index contributed by atoms with van der Waals surface area (Å²) in [5, 5.41) is 3.09. The van der Waals surface area contributed by atoms with Gasteiger partial charge in [0.05, 0.1) is 11.5 Å². The van der Waals surface area contributed by atoms with Crippen LogP contribution in [-0.2, 0) is 9.53 Å². The van der Waals surface area contributed by atoms with Gasteiger partial charge in [-0.05, 0) is 37.5 Å². The van der Waals surface area contributed by atoms with Crippen molar-refractivity contribution in [2.75, 3.05) is 13.7 Å². The topological polar surface area (TPSA) is 38.3 Å². The molecule has 3 fully saturated rings. The molecule has 1 N–H and O–H groups in total. The van der Waals surface area contributed by atoms with Crippen LogP contribution >= 0.6 is 0 Å². The van der Waals surface area contributed by atoms with Crippen molar-refractivity contribution in [2.45, 2.75) is 44.6 Å². The lowest BCUT2D eigenvalue weighted by Crippen LogP contribution is -2.38. The molecule has 3 heteroatoms. The van der Waals surface area contributed by atoms with Crippen LogP contribution in [0.3, 0.4) is 0 Å². The first kappa shape index (κ1) is 10.6. The maximum atomic E-state index is 11.8. The van der Waals surface area contributed by atoms with Crippen LogP contribution in [-0.4, -0.2) is 25.7 Å². The van der Waals surface area contributed by atoms with Crippen molar-refractivity contribution in [1.29, 1.82) is 0 Å². The van der Waals surface area contributed by atoms with Crippen molar-refractivity contribution < 1.29 is 9.53 Å². The number of hydrogen-bond acceptors (Lipinski definition) is 2. The number of methoxy groups -OCH3 is 1. The maximum absolute atomic E-state index is 11.8. The van der Waals surface area contributed by atoms with Crippen LogP contribution in [0.1, 0.15) is 38.5 Å². The molecule has 3 aliphatic carbocycles. The zero-order chi connectivity index (χ0) is 11.2. The van der Waals surface area contributed by atoms with E-state index < -0.39 is 0 Å². The highest BCUT2D eigenvalue weighted by Gasteiger charge is 2.74. The van der Waals surface area contributed by atoms with Gasteiger partial charge in [0.25, 0.3) is 0 Å². The quantitative estimate of drug-likeness (QED) is 0.770. The summed E-state index contributed by atoms with van der Waals surface area (Å²) in [5.41, 5.74) is 0.105. The number of nitrogens with one attached hydrogen (secondary N) is 1. The Morgan fingerprint density at radius 2 is 2.06 bits per heavy atom. The molecule has 0 aliphatic heterocycles. The Balaban J connectivity index is 1.46. The molecule has 1 amide bonds. The monoisotopic (exact) mass is 223 g/mol. The van der Waals surface area contributed by atoms with Gasteiger partial charge in [-0.2, -0.15) is 0 Å². The summed E-state index contributed by atoms with van der Waals surface area (Å²) in [6.45, 7) is 0.717. The minimum atomic E-state index is 0.105. The van der Waals surface area contributed by atoms with Gasteiger partial charge < -0.3 is 10.1 Å². The lowest BCUT2D eigenvalue weighted by Gasteiger charge is -2.22. The van der Waals surface area contributed by atoms with Crippen molar-refractivity contribution in [2.24, 2.45) is 17.3 Å². The molecule has 0 saturated heterocycles. The van der Waals surface area contributed by atoms with Gasteiger partial charge >= 0.3 is 0 Å². The smallest absolute Gasteiger partial charge is 0.226 e. The molecule has 1 unspecified atom stereocenters. The minimum absolute atomic E-state index is 0.105. The molecule has 0 aromatic rings. The molecule has 3 nitrogen and oxygen atoms in total. The first-order chi connectivity index (χ1) is 7.76. The van der Waals surface area contributed by atoms with Gasteiger partial charge in [-0.3, -0.25) is 4.79 Å². The molecule has 0 aromatic carbocycles. The van der Waals surface area contributed by atoms with E-state index >= 15 is 0 Å². The highest BCUT2D eigenvalue weighted by molar-refractivity contribution is 5.90. The highest BCUT2D eigenvalue weighted by atomic mass is 16.5. The summed E-state index contributed by atoms with van der Waals surface area (Å²) >= 11 is 0. The molecule has 0 aromatic heterocycles. The van der Waals surface area contributed by atoms with E-state index in [9.17, 15) is 4.79 Å². The number of carbonyl (C=O) groups excluding carboxylic acids is 1. The van der Waals surface area contributed by atoms with Gasteiger partial charge in [-0.1, -0.05) is 12.8 Å². The number of carbonyl (C=O) groups is 1. The third-order valence-corrected chi connectivity index (χ3v) is 4.83. The van der Waals surface area contributed by atoms with Crippen molar-refractivity contribution in [3.8, 4) is 0 Å². The average molecular weight is 223 g/mol. The molecule has 0 heterocycles. The van der Waals surface area contributed by atoms with E-state index in [0.717, 1.165) is 18.8 Å². The third-order valence-electron chi connectivity index (χ3n) is 4.83. The number of hydrogen-bond donors (Lipinski definition) is 1. The molecule has 3 aliphatic rings. The van der Waals surface area contributed by atoms with Crippen LogP contribution in [0.5, 0.6) is 0 Å². The van der Waals surface area contributed by atoms with Crippen molar-refractivity contribution in [1.82, 2.24) is 5.32 Å². The second kappa shape index (κ2) is 3.73. The molecule has 3 rings (SSSR count). The van der Waals surface area contributed by atoms with Crippen LogP contribution in [0.25, 0.3) is 0 Å². The Morgan fingerprint density at radius 3 is 2.56 bits per heavy atom. The lowest BCUT2D eigenvalue weighted by atomic mass is 10.0. The molecule has 90 valence electrons. The van der Waals surface area contributed by atoms with Gasteiger partial charge in [0.15, 0.2) is 0 Å². The number of fused-ring (bicyclic) bond motifs is 1. The van der Waals surface area contributed by atoms with Crippen LogP contribution in [0.2, 0.25) is 0 Å².